The molecular weight excluding hydrogens is 290 g/mol. The molecule has 108 valence electrons. The van der Waals surface area contributed by atoms with Gasteiger partial charge in [-0.1, -0.05) is 0 Å². The number of aromatic nitrogens is 1. The molecule has 0 spiro atoms. The van der Waals surface area contributed by atoms with Crippen molar-refractivity contribution in [3.05, 3.63) is 29.3 Å². The Morgan fingerprint density at radius 3 is 2.20 bits per heavy atom. The number of nitrogen functional groups attached to an aromatic ring is 1. The zero-order chi connectivity index (χ0) is 14.7. The van der Waals surface area contributed by atoms with Crippen molar-refractivity contribution < 1.29 is 23.0 Å². The van der Waals surface area contributed by atoms with E-state index in [4.69, 9.17) is 19.9 Å². The lowest BCUT2D eigenvalue weighted by atomic mass is 10.1. The first-order valence-corrected chi connectivity index (χ1v) is 6.28. The smallest absolute Gasteiger partial charge is 0.227 e. The molecule has 20 heavy (non-hydrogen) atoms. The number of benzene rings is 1. The van der Waals surface area contributed by atoms with Gasteiger partial charge >= 0.3 is 0 Å². The quantitative estimate of drug-likeness (QED) is 0.919. The van der Waals surface area contributed by atoms with Gasteiger partial charge in [0.2, 0.25) is 5.88 Å². The average molecular weight is 302 g/mol. The van der Waals surface area contributed by atoms with Crippen molar-refractivity contribution in [1.29, 1.82) is 0 Å². The number of hydrogen-bond donors (Lipinski definition) is 1. The van der Waals surface area contributed by atoms with E-state index >= 15 is 0 Å². The van der Waals surface area contributed by atoms with E-state index in [-0.39, 0.29) is 29.5 Å². The number of halogens is 2. The van der Waals surface area contributed by atoms with Gasteiger partial charge in [-0.2, -0.15) is 4.37 Å². The Kier molecular flexibility index (Phi) is 4.23. The van der Waals surface area contributed by atoms with Crippen LogP contribution in [0.5, 0.6) is 17.4 Å². The van der Waals surface area contributed by atoms with Gasteiger partial charge in [0, 0.05) is 12.1 Å². The van der Waals surface area contributed by atoms with Gasteiger partial charge in [-0.25, -0.2) is 8.78 Å². The highest BCUT2D eigenvalue weighted by Gasteiger charge is 2.20. The van der Waals surface area contributed by atoms with Crippen LogP contribution in [-0.2, 0) is 6.61 Å². The van der Waals surface area contributed by atoms with Crippen LogP contribution < -0.4 is 19.9 Å². The summed E-state index contributed by atoms with van der Waals surface area (Å²) in [5.41, 5.74) is 5.19. The highest BCUT2D eigenvalue weighted by molar-refractivity contribution is 7.10. The van der Waals surface area contributed by atoms with Crippen molar-refractivity contribution >= 4 is 16.5 Å². The molecule has 5 nitrogen and oxygen atoms in total. The summed E-state index contributed by atoms with van der Waals surface area (Å²) in [6.07, 6.45) is 0. The number of ether oxygens (including phenoxy) is 3. The molecule has 1 aromatic carbocycles. The molecule has 2 aromatic rings. The third kappa shape index (κ3) is 2.74. The van der Waals surface area contributed by atoms with E-state index in [9.17, 15) is 8.78 Å². The first-order chi connectivity index (χ1) is 9.56. The second kappa shape index (κ2) is 5.91. The number of hydrogen-bond acceptors (Lipinski definition) is 6. The molecule has 0 amide bonds. The van der Waals surface area contributed by atoms with Crippen LogP contribution in [0, 0.1) is 11.6 Å². The van der Waals surface area contributed by atoms with E-state index in [1.807, 2.05) is 0 Å². The fourth-order valence-electron chi connectivity index (χ4n) is 1.55. The minimum atomic E-state index is -0.839. The van der Waals surface area contributed by atoms with Crippen molar-refractivity contribution in [3.8, 4) is 17.4 Å². The summed E-state index contributed by atoms with van der Waals surface area (Å²) in [6.45, 7) is -0.353. The first kappa shape index (κ1) is 14.3. The Morgan fingerprint density at radius 1 is 1.15 bits per heavy atom. The molecule has 8 heteroatoms. The predicted molar refractivity (Wildman–Crippen MR) is 70.3 cm³/mol. The van der Waals surface area contributed by atoms with Gasteiger partial charge < -0.3 is 19.9 Å². The molecule has 0 fully saturated rings. The minimum Gasteiger partial charge on any atom is -0.494 e. The van der Waals surface area contributed by atoms with Gasteiger partial charge in [0.15, 0.2) is 23.1 Å². The molecule has 0 atom stereocenters. The predicted octanol–water partition coefficient (Wildman–Crippen LogP) is 2.60. The Hall–Kier alpha value is -2.09. The molecule has 0 radical (unpaired) electrons. The lowest BCUT2D eigenvalue weighted by Gasteiger charge is -2.12. The third-order valence-electron chi connectivity index (χ3n) is 2.54. The van der Waals surface area contributed by atoms with Crippen LogP contribution in [0.15, 0.2) is 12.1 Å². The zero-order valence-electron chi connectivity index (χ0n) is 10.8. The van der Waals surface area contributed by atoms with Gasteiger partial charge in [0.25, 0.3) is 0 Å². The Balaban J connectivity index is 2.29. The monoisotopic (exact) mass is 302 g/mol. The lowest BCUT2D eigenvalue weighted by molar-refractivity contribution is 0.275. The number of nitrogens with zero attached hydrogens (tertiary/aromatic N) is 1. The molecule has 0 unspecified atom stereocenters. The number of anilines is 1. The maximum absolute atomic E-state index is 14.0. The minimum absolute atomic E-state index is 0.125. The van der Waals surface area contributed by atoms with E-state index in [0.29, 0.717) is 5.00 Å². The molecule has 1 heterocycles. The van der Waals surface area contributed by atoms with Gasteiger partial charge in [0.1, 0.15) is 11.6 Å². The SMILES string of the molecule is COc1cc(OC)c(F)c(COc2cc(N)sn2)c1F. The molecule has 2 rings (SSSR count). The van der Waals surface area contributed by atoms with E-state index < -0.39 is 11.6 Å². The molecular formula is C12H12F2N2O3S. The maximum atomic E-state index is 14.0. The van der Waals surface area contributed by atoms with E-state index in [1.54, 1.807) is 0 Å². The Bertz CT molecular complexity index is 591. The Labute approximate surface area is 118 Å². The number of rotatable bonds is 5. The molecule has 0 aliphatic rings. The standard InChI is InChI=1S/C12H12F2N2O3S/c1-17-7-3-8(18-2)12(14)6(11(7)13)5-19-10-4-9(15)20-16-10/h3-4H,5,15H2,1-2H3. The fourth-order valence-corrected chi connectivity index (χ4v) is 2.00. The van der Waals surface area contributed by atoms with Gasteiger partial charge in [-0.05, 0) is 11.5 Å². The van der Waals surface area contributed by atoms with Gasteiger partial charge in [-0.3, -0.25) is 0 Å². The summed E-state index contributed by atoms with van der Waals surface area (Å²) in [7, 11) is 2.56. The summed E-state index contributed by atoms with van der Waals surface area (Å²) in [5, 5.41) is 0.448. The first-order valence-electron chi connectivity index (χ1n) is 5.50. The van der Waals surface area contributed by atoms with Crippen molar-refractivity contribution in [2.24, 2.45) is 0 Å². The van der Waals surface area contributed by atoms with Crippen LogP contribution in [-0.4, -0.2) is 18.6 Å². The summed E-state index contributed by atoms with van der Waals surface area (Å²) in [6, 6.07) is 2.60. The largest absolute Gasteiger partial charge is 0.494 e. The van der Waals surface area contributed by atoms with Crippen molar-refractivity contribution in [1.82, 2.24) is 4.37 Å². The molecule has 2 N–H and O–H groups in total. The van der Waals surface area contributed by atoms with E-state index in [0.717, 1.165) is 17.6 Å². The number of methoxy groups -OCH3 is 2. The van der Waals surface area contributed by atoms with Crippen molar-refractivity contribution in [3.63, 3.8) is 0 Å². The third-order valence-corrected chi connectivity index (χ3v) is 3.14. The molecule has 0 aliphatic heterocycles. The highest BCUT2D eigenvalue weighted by Crippen LogP contribution is 2.32. The van der Waals surface area contributed by atoms with Crippen LogP contribution in [0.2, 0.25) is 0 Å². The molecule has 0 saturated carbocycles. The maximum Gasteiger partial charge on any atom is 0.227 e. The average Bonchev–Trinajstić information content (AvgIpc) is 2.85. The van der Waals surface area contributed by atoms with E-state index in [1.165, 1.54) is 20.3 Å². The fraction of sp³-hybridized carbons (Fsp3) is 0.250. The van der Waals surface area contributed by atoms with Crippen molar-refractivity contribution in [2.75, 3.05) is 20.0 Å². The van der Waals surface area contributed by atoms with E-state index in [2.05, 4.69) is 4.37 Å². The summed E-state index contributed by atoms with van der Waals surface area (Å²) < 4.78 is 46.8. The zero-order valence-corrected chi connectivity index (χ0v) is 11.6. The molecule has 0 aliphatic carbocycles. The van der Waals surface area contributed by atoms with Crippen molar-refractivity contribution in [2.45, 2.75) is 6.61 Å². The topological polar surface area (TPSA) is 66.6 Å². The molecule has 0 saturated heterocycles. The van der Waals surface area contributed by atoms with Crippen LogP contribution in [0.4, 0.5) is 13.8 Å². The highest BCUT2D eigenvalue weighted by atomic mass is 32.1. The van der Waals surface area contributed by atoms with Gasteiger partial charge in [-0.15, -0.1) is 0 Å². The van der Waals surface area contributed by atoms with Crippen LogP contribution in [0.1, 0.15) is 5.56 Å². The molecule has 1 aromatic heterocycles. The molecule has 0 bridgehead atoms. The lowest BCUT2D eigenvalue weighted by Crippen LogP contribution is -2.06. The van der Waals surface area contributed by atoms with Crippen LogP contribution in [0.25, 0.3) is 0 Å². The Morgan fingerprint density at radius 2 is 1.75 bits per heavy atom. The normalized spacial score (nSPS) is 10.4. The summed E-state index contributed by atoms with van der Waals surface area (Å²) in [4.78, 5) is 0. The second-order valence-electron chi connectivity index (χ2n) is 3.74. The second-order valence-corrected chi connectivity index (χ2v) is 4.58. The summed E-state index contributed by atoms with van der Waals surface area (Å²) >= 11 is 1.03. The van der Waals surface area contributed by atoms with Crippen LogP contribution >= 0.6 is 11.5 Å². The number of nitrogens with two attached hydrogens (primary N) is 1. The van der Waals surface area contributed by atoms with Crippen LogP contribution in [0.3, 0.4) is 0 Å². The van der Waals surface area contributed by atoms with Gasteiger partial charge in [0.05, 0.1) is 19.8 Å². The summed E-state index contributed by atoms with van der Waals surface area (Å²) in [5.74, 6) is -1.73.